The largest absolute Gasteiger partial charge is 0.467 e. The highest BCUT2D eigenvalue weighted by Gasteiger charge is 2.31. The van der Waals surface area contributed by atoms with Crippen LogP contribution < -0.4 is 10.6 Å². The predicted octanol–water partition coefficient (Wildman–Crippen LogP) is 3.47. The van der Waals surface area contributed by atoms with Gasteiger partial charge >= 0.3 is 0 Å². The molecular formula is C16H20N2O. The summed E-state index contributed by atoms with van der Waals surface area (Å²) in [6, 6.07) is 13.1. The van der Waals surface area contributed by atoms with Crippen molar-refractivity contribution >= 4 is 5.69 Å². The molecule has 1 fully saturated rings. The van der Waals surface area contributed by atoms with E-state index in [9.17, 15) is 0 Å². The van der Waals surface area contributed by atoms with Crippen molar-refractivity contribution in [1.82, 2.24) is 0 Å². The summed E-state index contributed by atoms with van der Waals surface area (Å²) < 4.78 is 5.49. The Kier molecular flexibility index (Phi) is 3.30. The Morgan fingerprint density at radius 1 is 1.26 bits per heavy atom. The van der Waals surface area contributed by atoms with Crippen molar-refractivity contribution in [3.63, 3.8) is 0 Å². The van der Waals surface area contributed by atoms with E-state index in [2.05, 4.69) is 29.2 Å². The molecule has 0 amide bonds. The van der Waals surface area contributed by atoms with Gasteiger partial charge in [0, 0.05) is 17.8 Å². The van der Waals surface area contributed by atoms with E-state index in [-0.39, 0.29) is 6.04 Å². The monoisotopic (exact) mass is 256 g/mol. The van der Waals surface area contributed by atoms with Gasteiger partial charge in [0.2, 0.25) is 0 Å². The number of hydrogen-bond acceptors (Lipinski definition) is 3. The molecule has 1 aromatic heterocycles. The van der Waals surface area contributed by atoms with Gasteiger partial charge in [0.25, 0.3) is 0 Å². The Balaban J connectivity index is 1.92. The van der Waals surface area contributed by atoms with E-state index in [1.807, 2.05) is 19.1 Å². The van der Waals surface area contributed by atoms with Gasteiger partial charge < -0.3 is 15.1 Å². The van der Waals surface area contributed by atoms with Gasteiger partial charge in [-0.2, -0.15) is 0 Å². The fraction of sp³-hybridized carbons (Fsp3) is 0.375. The van der Waals surface area contributed by atoms with E-state index in [0.717, 1.165) is 12.3 Å². The van der Waals surface area contributed by atoms with E-state index in [1.54, 1.807) is 6.26 Å². The number of rotatable bonds is 5. The van der Waals surface area contributed by atoms with Crippen LogP contribution in [-0.4, -0.2) is 6.04 Å². The lowest BCUT2D eigenvalue weighted by molar-refractivity contribution is 0.500. The van der Waals surface area contributed by atoms with Crippen LogP contribution >= 0.6 is 0 Å². The molecule has 2 aromatic rings. The summed E-state index contributed by atoms with van der Waals surface area (Å²) in [7, 11) is 0. The third-order valence-corrected chi connectivity index (χ3v) is 3.63. The summed E-state index contributed by atoms with van der Waals surface area (Å²) in [4.78, 5) is 2.43. The van der Waals surface area contributed by atoms with Gasteiger partial charge in [0.15, 0.2) is 0 Å². The number of nitrogens with zero attached hydrogens (tertiary/aromatic N) is 1. The maximum Gasteiger partial charge on any atom is 0.123 e. The lowest BCUT2D eigenvalue weighted by Crippen LogP contribution is -2.27. The maximum absolute atomic E-state index is 6.10. The number of furan rings is 1. The van der Waals surface area contributed by atoms with Crippen LogP contribution in [0.3, 0.4) is 0 Å². The SMILES string of the molecule is C[C@H](N)c1ccccc1N(Cc1ccco1)C1CC1. The molecular weight excluding hydrogens is 236 g/mol. The smallest absolute Gasteiger partial charge is 0.123 e. The first-order valence-electron chi connectivity index (χ1n) is 6.89. The molecule has 3 rings (SSSR count). The van der Waals surface area contributed by atoms with Crippen molar-refractivity contribution in [1.29, 1.82) is 0 Å². The number of para-hydroxylation sites is 1. The van der Waals surface area contributed by atoms with E-state index in [0.29, 0.717) is 6.04 Å². The molecule has 1 heterocycles. The molecule has 100 valence electrons. The lowest BCUT2D eigenvalue weighted by atomic mass is 10.1. The molecule has 1 aliphatic rings. The zero-order chi connectivity index (χ0) is 13.2. The summed E-state index contributed by atoms with van der Waals surface area (Å²) in [6.07, 6.45) is 4.25. The van der Waals surface area contributed by atoms with Crippen LogP contribution in [-0.2, 0) is 6.54 Å². The molecule has 1 aromatic carbocycles. The predicted molar refractivity (Wildman–Crippen MR) is 77.0 cm³/mol. The zero-order valence-electron chi connectivity index (χ0n) is 11.3. The highest BCUT2D eigenvalue weighted by Crippen LogP contribution is 2.36. The minimum atomic E-state index is 0.0500. The van der Waals surface area contributed by atoms with Crippen LogP contribution in [0.4, 0.5) is 5.69 Å². The second-order valence-corrected chi connectivity index (χ2v) is 5.29. The quantitative estimate of drug-likeness (QED) is 0.890. The Labute approximate surface area is 114 Å². The van der Waals surface area contributed by atoms with Gasteiger partial charge in [-0.15, -0.1) is 0 Å². The fourth-order valence-electron chi connectivity index (χ4n) is 2.50. The Hall–Kier alpha value is -1.74. The zero-order valence-corrected chi connectivity index (χ0v) is 11.3. The van der Waals surface area contributed by atoms with Gasteiger partial charge in [0.1, 0.15) is 5.76 Å². The van der Waals surface area contributed by atoms with Crippen molar-refractivity contribution in [2.75, 3.05) is 4.90 Å². The minimum Gasteiger partial charge on any atom is -0.467 e. The number of benzene rings is 1. The van der Waals surface area contributed by atoms with Crippen LogP contribution in [0.5, 0.6) is 0 Å². The van der Waals surface area contributed by atoms with Crippen LogP contribution in [0.25, 0.3) is 0 Å². The summed E-state index contributed by atoms with van der Waals surface area (Å²) in [5.41, 5.74) is 8.55. The van der Waals surface area contributed by atoms with Crippen molar-refractivity contribution < 1.29 is 4.42 Å². The molecule has 1 saturated carbocycles. The summed E-state index contributed by atoms with van der Waals surface area (Å²) in [5, 5.41) is 0. The van der Waals surface area contributed by atoms with Gasteiger partial charge in [-0.05, 0) is 43.5 Å². The number of nitrogens with two attached hydrogens (primary N) is 1. The standard InChI is InChI=1S/C16H20N2O/c1-12(17)15-6-2-3-7-16(15)18(13-8-9-13)11-14-5-4-10-19-14/h2-7,10,12-13H,8-9,11,17H2,1H3/t12-/m0/s1. The normalized spacial score (nSPS) is 16.3. The molecule has 3 heteroatoms. The first-order chi connectivity index (χ1) is 9.25. The van der Waals surface area contributed by atoms with Crippen molar-refractivity contribution in [3.05, 3.63) is 54.0 Å². The third-order valence-electron chi connectivity index (χ3n) is 3.63. The van der Waals surface area contributed by atoms with E-state index >= 15 is 0 Å². The lowest BCUT2D eigenvalue weighted by Gasteiger charge is -2.27. The average molecular weight is 256 g/mol. The maximum atomic E-state index is 6.10. The van der Waals surface area contributed by atoms with Crippen LogP contribution in [0, 0.1) is 0 Å². The molecule has 0 radical (unpaired) electrons. The second-order valence-electron chi connectivity index (χ2n) is 5.29. The molecule has 3 nitrogen and oxygen atoms in total. The molecule has 19 heavy (non-hydrogen) atoms. The highest BCUT2D eigenvalue weighted by molar-refractivity contribution is 5.56. The van der Waals surface area contributed by atoms with E-state index in [1.165, 1.54) is 24.1 Å². The molecule has 0 spiro atoms. The average Bonchev–Trinajstić information content (AvgIpc) is 3.13. The van der Waals surface area contributed by atoms with E-state index < -0.39 is 0 Å². The molecule has 1 aliphatic carbocycles. The van der Waals surface area contributed by atoms with E-state index in [4.69, 9.17) is 10.2 Å². The number of hydrogen-bond donors (Lipinski definition) is 1. The fourth-order valence-corrected chi connectivity index (χ4v) is 2.50. The molecule has 0 unspecified atom stereocenters. The van der Waals surface area contributed by atoms with Gasteiger partial charge in [-0.25, -0.2) is 0 Å². The minimum absolute atomic E-state index is 0.0500. The molecule has 2 N–H and O–H groups in total. The van der Waals surface area contributed by atoms with Crippen molar-refractivity contribution in [2.24, 2.45) is 5.73 Å². The first kappa shape index (κ1) is 12.3. The first-order valence-corrected chi connectivity index (χ1v) is 6.89. The van der Waals surface area contributed by atoms with Crippen molar-refractivity contribution in [2.45, 2.75) is 38.4 Å². The highest BCUT2D eigenvalue weighted by atomic mass is 16.3. The summed E-state index contributed by atoms with van der Waals surface area (Å²) >= 11 is 0. The number of anilines is 1. The molecule has 0 aliphatic heterocycles. The second kappa shape index (κ2) is 5.10. The van der Waals surface area contributed by atoms with Gasteiger partial charge in [-0.1, -0.05) is 18.2 Å². The van der Waals surface area contributed by atoms with Crippen molar-refractivity contribution in [3.8, 4) is 0 Å². The van der Waals surface area contributed by atoms with Crippen LogP contribution in [0.1, 0.15) is 37.1 Å². The molecule has 0 saturated heterocycles. The van der Waals surface area contributed by atoms with Crippen LogP contribution in [0.15, 0.2) is 47.1 Å². The summed E-state index contributed by atoms with van der Waals surface area (Å²) in [6.45, 7) is 2.86. The van der Waals surface area contributed by atoms with Gasteiger partial charge in [0.05, 0.1) is 12.8 Å². The Bertz CT molecular complexity index is 529. The molecule has 0 bridgehead atoms. The Morgan fingerprint density at radius 2 is 2.05 bits per heavy atom. The topological polar surface area (TPSA) is 42.4 Å². The molecule has 1 atom stereocenters. The summed E-state index contributed by atoms with van der Waals surface area (Å²) in [5.74, 6) is 1.01. The Morgan fingerprint density at radius 3 is 2.68 bits per heavy atom. The third kappa shape index (κ3) is 2.66. The van der Waals surface area contributed by atoms with Gasteiger partial charge in [-0.3, -0.25) is 0 Å². The van der Waals surface area contributed by atoms with Crippen LogP contribution in [0.2, 0.25) is 0 Å².